The molecule has 0 saturated carbocycles. The van der Waals surface area contributed by atoms with Gasteiger partial charge < -0.3 is 9.47 Å². The van der Waals surface area contributed by atoms with Crippen molar-refractivity contribution in [1.29, 1.82) is 0 Å². The zero-order chi connectivity index (χ0) is 14.4. The van der Waals surface area contributed by atoms with Crippen molar-refractivity contribution in [2.75, 3.05) is 31.6 Å². The number of rotatable bonds is 6. The number of hydrogen-bond donors (Lipinski definition) is 0. The molecule has 8 heteroatoms. The zero-order valence-electron chi connectivity index (χ0n) is 11.0. The van der Waals surface area contributed by atoms with E-state index < -0.39 is 12.5 Å². The molecule has 2 amide bonds. The molecule has 1 saturated heterocycles. The van der Waals surface area contributed by atoms with Crippen molar-refractivity contribution in [2.24, 2.45) is 0 Å². The third kappa shape index (κ3) is 4.21. The van der Waals surface area contributed by atoms with Crippen LogP contribution in [0.3, 0.4) is 0 Å². The van der Waals surface area contributed by atoms with Crippen LogP contribution in [0.2, 0.25) is 0 Å². The molecule has 0 bridgehead atoms. The number of carbonyl (C=O) groups is 2. The van der Waals surface area contributed by atoms with E-state index in [9.17, 15) is 9.59 Å². The molecule has 0 aliphatic carbocycles. The van der Waals surface area contributed by atoms with E-state index in [1.54, 1.807) is 0 Å². The quantitative estimate of drug-likeness (QED) is 0.681. The lowest BCUT2D eigenvalue weighted by Crippen LogP contribution is -2.44. The molecular weight excluding hydrogens is 295 g/mol. The summed E-state index contributed by atoms with van der Waals surface area (Å²) in [7, 11) is 0. The van der Waals surface area contributed by atoms with Gasteiger partial charge in [-0.05, 0) is 0 Å². The van der Waals surface area contributed by atoms with Crippen LogP contribution in [0.15, 0.2) is 0 Å². The summed E-state index contributed by atoms with van der Waals surface area (Å²) < 4.78 is 11.1. The molecular formula is C11H18Cl2N2O4. The first-order valence-electron chi connectivity index (χ1n) is 5.92. The smallest absolute Gasteiger partial charge is 0.223 e. The van der Waals surface area contributed by atoms with Crippen molar-refractivity contribution >= 4 is 35.0 Å². The third-order valence-corrected chi connectivity index (χ3v) is 3.01. The molecule has 110 valence electrons. The Morgan fingerprint density at radius 2 is 1.37 bits per heavy atom. The highest BCUT2D eigenvalue weighted by Crippen LogP contribution is 2.23. The van der Waals surface area contributed by atoms with Gasteiger partial charge >= 0.3 is 0 Å². The standard InChI is InChI=1S/C11H18Cl2N2O4/c1-8(16)14-7-15(9(2)17)11(19-6-4-13)10(14)18-5-3-12/h10-11H,3-7H2,1-2H3/t10-,11-/m1/s1. The number of halogens is 2. The van der Waals surface area contributed by atoms with Crippen molar-refractivity contribution in [2.45, 2.75) is 26.3 Å². The van der Waals surface area contributed by atoms with Crippen LogP contribution >= 0.6 is 23.2 Å². The largest absolute Gasteiger partial charge is 0.352 e. The molecule has 2 atom stereocenters. The van der Waals surface area contributed by atoms with E-state index in [0.29, 0.717) is 11.8 Å². The van der Waals surface area contributed by atoms with Gasteiger partial charge in [0, 0.05) is 25.6 Å². The van der Waals surface area contributed by atoms with Gasteiger partial charge in [0.2, 0.25) is 11.8 Å². The number of nitrogens with zero attached hydrogens (tertiary/aromatic N) is 2. The summed E-state index contributed by atoms with van der Waals surface area (Å²) in [6.07, 6.45) is -1.30. The molecule has 0 spiro atoms. The second-order valence-corrected chi connectivity index (χ2v) is 4.78. The van der Waals surface area contributed by atoms with Crippen molar-refractivity contribution < 1.29 is 19.1 Å². The fraction of sp³-hybridized carbons (Fsp3) is 0.818. The molecule has 0 radical (unpaired) electrons. The van der Waals surface area contributed by atoms with E-state index in [0.717, 1.165) is 0 Å². The molecule has 0 N–H and O–H groups in total. The van der Waals surface area contributed by atoms with Crippen LogP contribution in [0, 0.1) is 0 Å². The lowest BCUT2D eigenvalue weighted by atomic mass is 10.4. The summed E-state index contributed by atoms with van der Waals surface area (Å²) in [5.74, 6) is 0.209. The fourth-order valence-corrected chi connectivity index (χ4v) is 2.04. The monoisotopic (exact) mass is 312 g/mol. The lowest BCUT2D eigenvalue weighted by Gasteiger charge is -2.26. The number of amides is 2. The fourth-order valence-electron chi connectivity index (χ4n) is 1.87. The maximum absolute atomic E-state index is 11.6. The Morgan fingerprint density at radius 1 is 1.00 bits per heavy atom. The summed E-state index contributed by atoms with van der Waals surface area (Å²) in [4.78, 5) is 26.1. The molecule has 0 aromatic heterocycles. The lowest BCUT2D eigenvalue weighted by molar-refractivity contribution is -0.159. The maximum Gasteiger partial charge on any atom is 0.223 e. The maximum atomic E-state index is 11.6. The van der Waals surface area contributed by atoms with Crippen LogP contribution < -0.4 is 0 Å². The van der Waals surface area contributed by atoms with E-state index in [-0.39, 0.29) is 31.7 Å². The first-order chi connectivity index (χ1) is 9.02. The van der Waals surface area contributed by atoms with E-state index >= 15 is 0 Å². The van der Waals surface area contributed by atoms with E-state index in [4.69, 9.17) is 32.7 Å². The minimum absolute atomic E-state index is 0.143. The summed E-state index contributed by atoms with van der Waals surface area (Å²) in [5, 5.41) is 0. The molecule has 6 nitrogen and oxygen atoms in total. The summed E-state index contributed by atoms with van der Waals surface area (Å²) in [6.45, 7) is 3.51. The van der Waals surface area contributed by atoms with Crippen molar-refractivity contribution in [3.05, 3.63) is 0 Å². The van der Waals surface area contributed by atoms with Crippen molar-refractivity contribution in [3.8, 4) is 0 Å². The van der Waals surface area contributed by atoms with Crippen LogP contribution in [0.5, 0.6) is 0 Å². The zero-order valence-corrected chi connectivity index (χ0v) is 12.5. The highest BCUT2D eigenvalue weighted by atomic mass is 35.5. The minimum atomic E-state index is -0.650. The normalized spacial score (nSPS) is 22.9. The Kier molecular flexibility index (Phi) is 6.85. The molecule has 0 unspecified atom stereocenters. The highest BCUT2D eigenvalue weighted by Gasteiger charge is 2.44. The second-order valence-electron chi connectivity index (χ2n) is 4.02. The van der Waals surface area contributed by atoms with Gasteiger partial charge in [-0.2, -0.15) is 0 Å². The van der Waals surface area contributed by atoms with Crippen LogP contribution in [0.4, 0.5) is 0 Å². The number of ether oxygens (including phenoxy) is 2. The predicted molar refractivity (Wildman–Crippen MR) is 70.8 cm³/mol. The van der Waals surface area contributed by atoms with Crippen LogP contribution in [-0.4, -0.2) is 65.7 Å². The molecule has 19 heavy (non-hydrogen) atoms. The second kappa shape index (κ2) is 7.89. The number of alkyl halides is 2. The Morgan fingerprint density at radius 3 is 1.63 bits per heavy atom. The summed E-state index contributed by atoms with van der Waals surface area (Å²) in [5.41, 5.74) is 0. The molecule has 0 aromatic rings. The van der Waals surface area contributed by atoms with Gasteiger partial charge in [0.1, 0.15) is 6.67 Å². The average Bonchev–Trinajstić information content (AvgIpc) is 2.72. The van der Waals surface area contributed by atoms with E-state index in [2.05, 4.69) is 0 Å². The van der Waals surface area contributed by atoms with Crippen LogP contribution in [-0.2, 0) is 19.1 Å². The Balaban J connectivity index is 2.86. The summed E-state index contributed by atoms with van der Waals surface area (Å²) in [6, 6.07) is 0. The van der Waals surface area contributed by atoms with Crippen LogP contribution in [0.1, 0.15) is 13.8 Å². The average molecular weight is 313 g/mol. The van der Waals surface area contributed by atoms with Gasteiger partial charge in [-0.15, -0.1) is 23.2 Å². The van der Waals surface area contributed by atoms with Crippen LogP contribution in [0.25, 0.3) is 0 Å². The van der Waals surface area contributed by atoms with E-state index in [1.807, 2.05) is 0 Å². The van der Waals surface area contributed by atoms with Crippen molar-refractivity contribution in [1.82, 2.24) is 9.80 Å². The minimum Gasteiger partial charge on any atom is -0.352 e. The molecule has 1 heterocycles. The Labute approximate surface area is 122 Å². The predicted octanol–water partition coefficient (Wildman–Crippen LogP) is 0.818. The highest BCUT2D eigenvalue weighted by molar-refractivity contribution is 6.18. The molecule has 1 aliphatic heterocycles. The molecule has 0 aromatic carbocycles. The van der Waals surface area contributed by atoms with Gasteiger partial charge in [0.05, 0.1) is 13.2 Å². The molecule has 1 aliphatic rings. The van der Waals surface area contributed by atoms with Gasteiger partial charge in [-0.3, -0.25) is 19.4 Å². The van der Waals surface area contributed by atoms with Gasteiger partial charge in [-0.1, -0.05) is 0 Å². The SMILES string of the molecule is CC(=O)N1CN(C(C)=O)[C@H](OCCCl)[C@H]1OCCCl. The van der Waals surface area contributed by atoms with Gasteiger partial charge in [0.15, 0.2) is 12.5 Å². The number of carbonyl (C=O) groups excluding carboxylic acids is 2. The number of hydrogen-bond acceptors (Lipinski definition) is 4. The first-order valence-corrected chi connectivity index (χ1v) is 6.99. The first kappa shape index (κ1) is 16.5. The summed E-state index contributed by atoms with van der Waals surface area (Å²) >= 11 is 11.2. The topological polar surface area (TPSA) is 59.1 Å². The van der Waals surface area contributed by atoms with E-state index in [1.165, 1.54) is 23.6 Å². The molecule has 1 fully saturated rings. The third-order valence-electron chi connectivity index (χ3n) is 2.70. The molecule has 1 rings (SSSR count). The Bertz CT molecular complexity index is 300. The van der Waals surface area contributed by atoms with Gasteiger partial charge in [0.25, 0.3) is 0 Å². The Hall–Kier alpha value is -0.560. The van der Waals surface area contributed by atoms with Gasteiger partial charge in [-0.25, -0.2) is 0 Å². The van der Waals surface area contributed by atoms with Crippen molar-refractivity contribution in [3.63, 3.8) is 0 Å².